The van der Waals surface area contributed by atoms with E-state index in [0.29, 0.717) is 11.4 Å². The molecule has 0 spiro atoms. The van der Waals surface area contributed by atoms with Crippen LogP contribution in [-0.2, 0) is 7.05 Å². The van der Waals surface area contributed by atoms with E-state index in [1.54, 1.807) is 38.4 Å². The maximum atomic E-state index is 11.7. The van der Waals surface area contributed by atoms with Gasteiger partial charge in [-0.25, -0.2) is 4.79 Å². The van der Waals surface area contributed by atoms with Crippen LogP contribution in [0.3, 0.4) is 0 Å². The largest absolute Gasteiger partial charge is 0.497 e. The molecule has 1 N–H and O–H groups in total. The van der Waals surface area contributed by atoms with Gasteiger partial charge in [0, 0.05) is 13.1 Å². The molecule has 19 heavy (non-hydrogen) atoms. The van der Waals surface area contributed by atoms with Gasteiger partial charge in [0.2, 0.25) is 0 Å². The number of rotatable bonds is 3. The van der Waals surface area contributed by atoms with Crippen LogP contribution in [0.5, 0.6) is 5.75 Å². The standard InChI is InChI=1S/C14H13NO4/c1-15-12(7-10(14(17)18)8-13(15)16)9-3-5-11(19-2)6-4-9/h3-8H,1-2H3,(H,17,18). The average Bonchev–Trinajstić information content (AvgIpc) is 2.41. The first-order valence-corrected chi connectivity index (χ1v) is 5.61. The third kappa shape index (κ3) is 2.49. The number of hydrogen-bond donors (Lipinski definition) is 1. The molecule has 0 aliphatic heterocycles. The van der Waals surface area contributed by atoms with E-state index < -0.39 is 5.97 Å². The van der Waals surface area contributed by atoms with Gasteiger partial charge >= 0.3 is 5.97 Å². The van der Waals surface area contributed by atoms with Crippen LogP contribution in [0, 0.1) is 0 Å². The monoisotopic (exact) mass is 259 g/mol. The number of hydrogen-bond acceptors (Lipinski definition) is 3. The molecule has 5 nitrogen and oxygen atoms in total. The topological polar surface area (TPSA) is 68.5 Å². The second-order valence-corrected chi connectivity index (χ2v) is 4.06. The summed E-state index contributed by atoms with van der Waals surface area (Å²) in [4.78, 5) is 22.7. The molecule has 1 aromatic heterocycles. The molecule has 0 radical (unpaired) electrons. The first-order chi connectivity index (χ1) is 9.02. The number of nitrogens with zero attached hydrogens (tertiary/aromatic N) is 1. The van der Waals surface area contributed by atoms with Gasteiger partial charge in [0.15, 0.2) is 0 Å². The van der Waals surface area contributed by atoms with E-state index in [2.05, 4.69) is 0 Å². The van der Waals surface area contributed by atoms with Crippen molar-refractivity contribution >= 4 is 5.97 Å². The minimum Gasteiger partial charge on any atom is -0.497 e. The zero-order valence-electron chi connectivity index (χ0n) is 10.6. The first kappa shape index (κ1) is 12.9. The average molecular weight is 259 g/mol. The number of pyridine rings is 1. The maximum absolute atomic E-state index is 11.7. The van der Waals surface area contributed by atoms with Crippen LogP contribution in [0.25, 0.3) is 11.3 Å². The molecule has 0 fully saturated rings. The molecule has 0 saturated carbocycles. The lowest BCUT2D eigenvalue weighted by Gasteiger charge is -2.10. The van der Waals surface area contributed by atoms with Crippen molar-refractivity contribution in [3.05, 3.63) is 52.3 Å². The van der Waals surface area contributed by atoms with E-state index in [4.69, 9.17) is 9.84 Å². The van der Waals surface area contributed by atoms with Crippen molar-refractivity contribution in [1.29, 1.82) is 0 Å². The van der Waals surface area contributed by atoms with Gasteiger partial charge in [-0.1, -0.05) is 0 Å². The van der Waals surface area contributed by atoms with Gasteiger partial charge in [0.25, 0.3) is 5.56 Å². The zero-order valence-corrected chi connectivity index (χ0v) is 10.6. The molecule has 2 aromatic rings. The maximum Gasteiger partial charge on any atom is 0.335 e. The molecule has 98 valence electrons. The smallest absolute Gasteiger partial charge is 0.335 e. The lowest BCUT2D eigenvalue weighted by Crippen LogP contribution is -2.19. The van der Waals surface area contributed by atoms with E-state index in [0.717, 1.165) is 11.6 Å². The Hall–Kier alpha value is -2.56. The summed E-state index contributed by atoms with van der Waals surface area (Å²) in [5.74, 6) is -0.421. The SMILES string of the molecule is COc1ccc(-c2cc(C(=O)O)cc(=O)n2C)cc1. The fourth-order valence-corrected chi connectivity index (χ4v) is 1.80. The fraction of sp³-hybridized carbons (Fsp3) is 0.143. The third-order valence-corrected chi connectivity index (χ3v) is 2.90. The summed E-state index contributed by atoms with van der Waals surface area (Å²) in [5, 5.41) is 8.99. The summed E-state index contributed by atoms with van der Waals surface area (Å²) < 4.78 is 6.47. The molecule has 0 saturated heterocycles. The first-order valence-electron chi connectivity index (χ1n) is 5.61. The van der Waals surface area contributed by atoms with Crippen molar-refractivity contribution in [3.63, 3.8) is 0 Å². The lowest BCUT2D eigenvalue weighted by atomic mass is 10.1. The molecule has 5 heteroatoms. The summed E-state index contributed by atoms with van der Waals surface area (Å²) >= 11 is 0. The Morgan fingerprint density at radius 2 is 1.84 bits per heavy atom. The van der Waals surface area contributed by atoms with E-state index in [1.165, 1.54) is 10.6 Å². The zero-order chi connectivity index (χ0) is 14.0. The predicted molar refractivity (Wildman–Crippen MR) is 70.6 cm³/mol. The second-order valence-electron chi connectivity index (χ2n) is 4.06. The number of carboxylic acids is 1. The van der Waals surface area contributed by atoms with Gasteiger partial charge < -0.3 is 14.4 Å². The molecule has 2 rings (SSSR count). The van der Waals surface area contributed by atoms with E-state index in [9.17, 15) is 9.59 Å². The number of carbonyl (C=O) groups is 1. The molecule has 1 heterocycles. The fourth-order valence-electron chi connectivity index (χ4n) is 1.80. The minimum absolute atomic E-state index is 0.0195. The Morgan fingerprint density at radius 3 is 2.37 bits per heavy atom. The molecular formula is C14H13NO4. The Kier molecular flexibility index (Phi) is 3.37. The molecule has 0 amide bonds. The summed E-state index contributed by atoms with van der Waals surface area (Å²) in [6, 6.07) is 9.65. The summed E-state index contributed by atoms with van der Waals surface area (Å²) in [6.07, 6.45) is 0. The highest BCUT2D eigenvalue weighted by Crippen LogP contribution is 2.21. The predicted octanol–water partition coefficient (Wildman–Crippen LogP) is 1.76. The van der Waals surface area contributed by atoms with E-state index in [-0.39, 0.29) is 11.1 Å². The van der Waals surface area contributed by atoms with Gasteiger partial charge in [-0.2, -0.15) is 0 Å². The van der Waals surface area contributed by atoms with Crippen LogP contribution < -0.4 is 10.3 Å². The highest BCUT2D eigenvalue weighted by Gasteiger charge is 2.10. The molecule has 1 aromatic carbocycles. The molecule has 0 aliphatic carbocycles. The number of carboxylic acid groups (broad SMARTS) is 1. The Balaban J connectivity index is 2.59. The van der Waals surface area contributed by atoms with Crippen LogP contribution >= 0.6 is 0 Å². The summed E-state index contributed by atoms with van der Waals surface area (Å²) in [5.41, 5.74) is 0.927. The third-order valence-electron chi connectivity index (χ3n) is 2.90. The highest BCUT2D eigenvalue weighted by atomic mass is 16.5. The van der Waals surface area contributed by atoms with Crippen LogP contribution in [0.2, 0.25) is 0 Å². The van der Waals surface area contributed by atoms with Crippen LogP contribution in [0.4, 0.5) is 0 Å². The minimum atomic E-state index is -1.12. The van der Waals surface area contributed by atoms with Gasteiger partial charge in [-0.15, -0.1) is 0 Å². The summed E-state index contributed by atoms with van der Waals surface area (Å²) in [7, 11) is 3.17. The number of methoxy groups -OCH3 is 1. The van der Waals surface area contributed by atoms with Gasteiger partial charge in [-0.05, 0) is 35.9 Å². The molecule has 0 atom stereocenters. The molecular weight excluding hydrogens is 246 g/mol. The molecule has 0 unspecified atom stereocenters. The normalized spacial score (nSPS) is 10.2. The van der Waals surface area contributed by atoms with Crippen molar-refractivity contribution in [3.8, 4) is 17.0 Å². The number of aromatic nitrogens is 1. The number of benzene rings is 1. The van der Waals surface area contributed by atoms with Crippen molar-refractivity contribution in [1.82, 2.24) is 4.57 Å². The van der Waals surface area contributed by atoms with Gasteiger partial charge in [0.1, 0.15) is 5.75 Å². The van der Waals surface area contributed by atoms with E-state index in [1.807, 2.05) is 0 Å². The van der Waals surface area contributed by atoms with Crippen LogP contribution in [-0.4, -0.2) is 22.8 Å². The molecule has 0 bridgehead atoms. The summed E-state index contributed by atoms with van der Waals surface area (Å²) in [6.45, 7) is 0. The van der Waals surface area contributed by atoms with Crippen LogP contribution in [0.1, 0.15) is 10.4 Å². The van der Waals surface area contributed by atoms with Crippen molar-refractivity contribution < 1.29 is 14.6 Å². The highest BCUT2D eigenvalue weighted by molar-refractivity contribution is 5.88. The quantitative estimate of drug-likeness (QED) is 0.911. The Bertz CT molecular complexity index is 671. The van der Waals surface area contributed by atoms with Crippen molar-refractivity contribution in [2.24, 2.45) is 7.05 Å². The van der Waals surface area contributed by atoms with Crippen LogP contribution in [0.15, 0.2) is 41.2 Å². The number of aromatic carboxylic acids is 1. The van der Waals surface area contributed by atoms with Gasteiger partial charge in [0.05, 0.1) is 18.4 Å². The second kappa shape index (κ2) is 4.97. The van der Waals surface area contributed by atoms with Crippen molar-refractivity contribution in [2.75, 3.05) is 7.11 Å². The molecule has 0 aliphatic rings. The van der Waals surface area contributed by atoms with Crippen molar-refractivity contribution in [2.45, 2.75) is 0 Å². The van der Waals surface area contributed by atoms with Gasteiger partial charge in [-0.3, -0.25) is 4.79 Å². The Morgan fingerprint density at radius 1 is 1.21 bits per heavy atom. The Labute approximate surface area is 109 Å². The van der Waals surface area contributed by atoms with E-state index >= 15 is 0 Å². The lowest BCUT2D eigenvalue weighted by molar-refractivity contribution is 0.0696. The number of ether oxygens (including phenoxy) is 1.